The molecule has 1 fully saturated rings. The van der Waals surface area contributed by atoms with Gasteiger partial charge in [0.2, 0.25) is 5.91 Å². The van der Waals surface area contributed by atoms with Crippen LogP contribution in [-0.4, -0.2) is 53.4 Å². The van der Waals surface area contributed by atoms with Gasteiger partial charge in [-0.1, -0.05) is 0 Å². The summed E-state index contributed by atoms with van der Waals surface area (Å²) in [6, 6.07) is 1.97. The molecule has 1 aromatic rings. The predicted molar refractivity (Wildman–Crippen MR) is 62.3 cm³/mol. The summed E-state index contributed by atoms with van der Waals surface area (Å²) in [6.07, 6.45) is 4.02. The molecule has 2 rings (SSSR count). The Hall–Kier alpha value is -1.40. The second kappa shape index (κ2) is 5.29. The first-order chi connectivity index (χ1) is 8.26. The average molecular weight is 238 g/mol. The molecule has 2 N–H and O–H groups in total. The lowest BCUT2D eigenvalue weighted by Crippen LogP contribution is -2.31. The molecule has 0 saturated carbocycles. The number of rotatable bonds is 4. The van der Waals surface area contributed by atoms with Crippen LogP contribution < -0.4 is 5.73 Å². The molecule has 2 heterocycles. The fourth-order valence-corrected chi connectivity index (χ4v) is 2.20. The normalized spacial score (nSPS) is 24.2. The van der Waals surface area contributed by atoms with Crippen LogP contribution in [-0.2, 0) is 9.53 Å². The zero-order valence-electron chi connectivity index (χ0n) is 9.95. The topological polar surface area (TPSA) is 73.4 Å². The monoisotopic (exact) mass is 238 g/mol. The molecule has 17 heavy (non-hydrogen) atoms. The molecule has 0 bridgehead atoms. The van der Waals surface area contributed by atoms with Crippen LogP contribution in [0.5, 0.6) is 0 Å². The highest BCUT2D eigenvalue weighted by molar-refractivity contribution is 5.76. The van der Waals surface area contributed by atoms with Gasteiger partial charge in [0.25, 0.3) is 0 Å². The van der Waals surface area contributed by atoms with E-state index < -0.39 is 0 Å². The van der Waals surface area contributed by atoms with Gasteiger partial charge in [-0.15, -0.1) is 0 Å². The van der Waals surface area contributed by atoms with Crippen LogP contribution in [0.15, 0.2) is 18.5 Å². The van der Waals surface area contributed by atoms with Crippen LogP contribution in [0, 0.1) is 0 Å². The van der Waals surface area contributed by atoms with E-state index in [1.54, 1.807) is 18.2 Å². The standard InChI is InChI=1S/C11H18N4O2/c1-17-10-8-14(11(16)3-4-12)7-9(10)15-6-2-5-13-15/h2,5-6,9-10H,3-4,7-8,12H2,1H3/t9-,10-/m1/s1. The fraction of sp³-hybridized carbons (Fsp3) is 0.636. The fourth-order valence-electron chi connectivity index (χ4n) is 2.20. The van der Waals surface area contributed by atoms with Gasteiger partial charge in [-0.05, 0) is 6.07 Å². The van der Waals surface area contributed by atoms with Crippen LogP contribution in [0.2, 0.25) is 0 Å². The van der Waals surface area contributed by atoms with Crippen molar-refractivity contribution in [3.05, 3.63) is 18.5 Å². The molecular weight excluding hydrogens is 220 g/mol. The van der Waals surface area contributed by atoms with E-state index in [4.69, 9.17) is 10.5 Å². The van der Waals surface area contributed by atoms with Crippen molar-refractivity contribution in [1.29, 1.82) is 0 Å². The lowest BCUT2D eigenvalue weighted by molar-refractivity contribution is -0.130. The van der Waals surface area contributed by atoms with Gasteiger partial charge in [0.15, 0.2) is 0 Å². The van der Waals surface area contributed by atoms with E-state index in [1.165, 1.54) is 0 Å². The van der Waals surface area contributed by atoms with Gasteiger partial charge < -0.3 is 15.4 Å². The molecule has 0 aromatic carbocycles. The van der Waals surface area contributed by atoms with Crippen molar-refractivity contribution in [2.24, 2.45) is 5.73 Å². The Bertz CT molecular complexity index is 366. The number of likely N-dealkylation sites (tertiary alicyclic amines) is 1. The Morgan fingerprint density at radius 3 is 3.00 bits per heavy atom. The van der Waals surface area contributed by atoms with Gasteiger partial charge in [-0.3, -0.25) is 9.48 Å². The molecule has 0 unspecified atom stereocenters. The van der Waals surface area contributed by atoms with Gasteiger partial charge in [-0.25, -0.2) is 0 Å². The summed E-state index contributed by atoms with van der Waals surface area (Å²) in [7, 11) is 1.66. The summed E-state index contributed by atoms with van der Waals surface area (Å²) < 4.78 is 7.27. The van der Waals surface area contributed by atoms with Crippen molar-refractivity contribution in [2.75, 3.05) is 26.7 Å². The number of carbonyl (C=O) groups is 1. The highest BCUT2D eigenvalue weighted by Crippen LogP contribution is 2.24. The summed E-state index contributed by atoms with van der Waals surface area (Å²) in [5, 5.41) is 4.21. The molecule has 0 spiro atoms. The third-order valence-electron chi connectivity index (χ3n) is 3.12. The largest absolute Gasteiger partial charge is 0.377 e. The maximum Gasteiger partial charge on any atom is 0.224 e. The zero-order valence-corrected chi connectivity index (χ0v) is 9.95. The molecule has 0 radical (unpaired) electrons. The number of methoxy groups -OCH3 is 1. The van der Waals surface area contributed by atoms with Crippen molar-refractivity contribution in [1.82, 2.24) is 14.7 Å². The molecule has 1 saturated heterocycles. The van der Waals surface area contributed by atoms with Crippen molar-refractivity contribution >= 4 is 5.91 Å². The first-order valence-corrected chi connectivity index (χ1v) is 5.76. The number of nitrogens with two attached hydrogens (primary N) is 1. The molecule has 94 valence electrons. The van der Waals surface area contributed by atoms with Crippen LogP contribution in [0.3, 0.4) is 0 Å². The quantitative estimate of drug-likeness (QED) is 0.776. The maximum absolute atomic E-state index is 11.8. The number of ether oxygens (including phenoxy) is 1. The molecular formula is C11H18N4O2. The second-order valence-corrected chi connectivity index (χ2v) is 4.16. The third kappa shape index (κ3) is 2.48. The number of hydrogen-bond acceptors (Lipinski definition) is 4. The van der Waals surface area contributed by atoms with Gasteiger partial charge >= 0.3 is 0 Å². The van der Waals surface area contributed by atoms with Crippen LogP contribution in [0.4, 0.5) is 0 Å². The average Bonchev–Trinajstić information content (AvgIpc) is 2.97. The minimum absolute atomic E-state index is 0.00313. The Balaban J connectivity index is 2.06. The number of amides is 1. The molecule has 1 aliphatic rings. The molecule has 0 aliphatic carbocycles. The lowest BCUT2D eigenvalue weighted by Gasteiger charge is -2.16. The van der Waals surface area contributed by atoms with Crippen molar-refractivity contribution in [2.45, 2.75) is 18.6 Å². The summed E-state index contributed by atoms with van der Waals surface area (Å²) in [5.74, 6) is 0.0872. The zero-order chi connectivity index (χ0) is 12.3. The van der Waals surface area contributed by atoms with E-state index in [1.807, 2.05) is 16.9 Å². The summed E-state index contributed by atoms with van der Waals surface area (Å²) >= 11 is 0. The van der Waals surface area contributed by atoms with E-state index in [9.17, 15) is 4.79 Å². The Kier molecular flexibility index (Phi) is 3.75. The predicted octanol–water partition coefficient (Wildman–Crippen LogP) is -0.370. The van der Waals surface area contributed by atoms with E-state index in [2.05, 4.69) is 5.10 Å². The summed E-state index contributed by atoms with van der Waals surface area (Å²) in [5.41, 5.74) is 5.40. The van der Waals surface area contributed by atoms with E-state index in [-0.39, 0.29) is 18.1 Å². The maximum atomic E-state index is 11.8. The van der Waals surface area contributed by atoms with Gasteiger partial charge in [0.05, 0.1) is 12.1 Å². The van der Waals surface area contributed by atoms with E-state index in [0.717, 1.165) is 0 Å². The van der Waals surface area contributed by atoms with E-state index in [0.29, 0.717) is 26.1 Å². The van der Waals surface area contributed by atoms with Gasteiger partial charge in [0.1, 0.15) is 0 Å². The molecule has 1 aromatic heterocycles. The number of hydrogen-bond donors (Lipinski definition) is 1. The van der Waals surface area contributed by atoms with Gasteiger partial charge in [-0.2, -0.15) is 5.10 Å². The lowest BCUT2D eigenvalue weighted by atomic mass is 10.2. The molecule has 2 atom stereocenters. The number of carbonyl (C=O) groups excluding carboxylic acids is 1. The van der Waals surface area contributed by atoms with Crippen molar-refractivity contribution in [3.63, 3.8) is 0 Å². The smallest absolute Gasteiger partial charge is 0.224 e. The minimum atomic E-state index is -0.00313. The van der Waals surface area contributed by atoms with Crippen LogP contribution in [0.1, 0.15) is 12.5 Å². The second-order valence-electron chi connectivity index (χ2n) is 4.16. The first kappa shape index (κ1) is 12.1. The SMILES string of the molecule is CO[C@@H]1CN(C(=O)CCN)C[C@H]1n1cccn1. The molecule has 1 aliphatic heterocycles. The van der Waals surface area contributed by atoms with Gasteiger partial charge in [0, 0.05) is 45.6 Å². The van der Waals surface area contributed by atoms with Crippen LogP contribution in [0.25, 0.3) is 0 Å². The van der Waals surface area contributed by atoms with Crippen LogP contribution >= 0.6 is 0 Å². The van der Waals surface area contributed by atoms with E-state index >= 15 is 0 Å². The third-order valence-corrected chi connectivity index (χ3v) is 3.12. The molecule has 6 nitrogen and oxygen atoms in total. The van der Waals surface area contributed by atoms with Crippen molar-refractivity contribution < 1.29 is 9.53 Å². The highest BCUT2D eigenvalue weighted by atomic mass is 16.5. The Labute approximate surface area is 100 Å². The Morgan fingerprint density at radius 1 is 1.59 bits per heavy atom. The minimum Gasteiger partial charge on any atom is -0.377 e. The summed E-state index contributed by atoms with van der Waals surface area (Å²) in [6.45, 7) is 1.64. The summed E-state index contributed by atoms with van der Waals surface area (Å²) in [4.78, 5) is 13.6. The first-order valence-electron chi connectivity index (χ1n) is 5.76. The molecule has 6 heteroatoms. The Morgan fingerprint density at radius 2 is 2.41 bits per heavy atom. The molecule has 1 amide bonds. The number of nitrogens with zero attached hydrogens (tertiary/aromatic N) is 3. The number of aromatic nitrogens is 2. The highest BCUT2D eigenvalue weighted by Gasteiger charge is 2.36. The van der Waals surface area contributed by atoms with Crippen molar-refractivity contribution in [3.8, 4) is 0 Å².